The Balaban J connectivity index is 1.68. The van der Waals surface area contributed by atoms with E-state index >= 15 is 0 Å². The lowest BCUT2D eigenvalue weighted by Crippen LogP contribution is -2.31. The number of carbonyl (C=O) groups is 2. The molecule has 0 saturated heterocycles. The van der Waals surface area contributed by atoms with Gasteiger partial charge in [-0.1, -0.05) is 24.3 Å². The van der Waals surface area contributed by atoms with Crippen LogP contribution in [-0.4, -0.2) is 24.1 Å². The Kier molecular flexibility index (Phi) is 5.21. The lowest BCUT2D eigenvalue weighted by molar-refractivity contribution is -0.137. The van der Waals surface area contributed by atoms with Crippen LogP contribution in [0, 0.1) is 11.7 Å². The smallest absolute Gasteiger partial charge is 0.305 e. The second-order valence-corrected chi connectivity index (χ2v) is 6.44. The third-order valence-corrected chi connectivity index (χ3v) is 4.62. The highest BCUT2D eigenvalue weighted by molar-refractivity contribution is 5.84. The number of methoxy groups -OCH3 is 1. The third kappa shape index (κ3) is 4.20. The van der Waals surface area contributed by atoms with E-state index in [-0.39, 0.29) is 24.2 Å². The number of hydrogen-bond donors (Lipinski definition) is 2. The van der Waals surface area contributed by atoms with E-state index in [1.54, 1.807) is 7.11 Å². The Morgan fingerprint density at radius 2 is 2.00 bits per heavy atom. The lowest BCUT2D eigenvalue weighted by atomic mass is 10.0. The van der Waals surface area contributed by atoms with E-state index in [9.17, 15) is 14.0 Å². The highest BCUT2D eigenvalue weighted by Gasteiger charge is 2.44. The van der Waals surface area contributed by atoms with Crippen LogP contribution in [0.4, 0.5) is 4.39 Å². The van der Waals surface area contributed by atoms with Gasteiger partial charge in [0.15, 0.2) is 0 Å². The summed E-state index contributed by atoms with van der Waals surface area (Å²) in [4.78, 5) is 23.7. The van der Waals surface area contributed by atoms with E-state index in [0.29, 0.717) is 12.0 Å². The molecule has 3 rings (SSSR count). The lowest BCUT2D eigenvalue weighted by Gasteiger charge is -2.17. The van der Waals surface area contributed by atoms with Gasteiger partial charge < -0.3 is 15.2 Å². The number of carbonyl (C=O) groups excluding carboxylic acids is 1. The van der Waals surface area contributed by atoms with Crippen molar-refractivity contribution in [2.24, 2.45) is 5.92 Å². The first-order chi connectivity index (χ1) is 12.5. The first-order valence-electron chi connectivity index (χ1n) is 8.39. The summed E-state index contributed by atoms with van der Waals surface area (Å²) in [6.07, 6.45) is 0.454. The van der Waals surface area contributed by atoms with Gasteiger partial charge in [0.2, 0.25) is 5.91 Å². The topological polar surface area (TPSA) is 75.6 Å². The molecule has 6 heteroatoms. The number of nitrogens with one attached hydrogen (secondary N) is 1. The number of hydrogen-bond acceptors (Lipinski definition) is 3. The number of amides is 1. The first kappa shape index (κ1) is 17.9. The summed E-state index contributed by atoms with van der Waals surface area (Å²) in [7, 11) is 1.59. The molecule has 5 nitrogen and oxygen atoms in total. The zero-order chi connectivity index (χ0) is 18.7. The highest BCUT2D eigenvalue weighted by atomic mass is 19.1. The zero-order valence-corrected chi connectivity index (χ0v) is 14.3. The van der Waals surface area contributed by atoms with Crippen molar-refractivity contribution in [2.75, 3.05) is 7.11 Å². The van der Waals surface area contributed by atoms with Crippen LogP contribution < -0.4 is 10.1 Å². The molecule has 2 aromatic carbocycles. The van der Waals surface area contributed by atoms with E-state index in [2.05, 4.69) is 5.32 Å². The average Bonchev–Trinajstić information content (AvgIpc) is 3.42. The number of ether oxygens (including phenoxy) is 1. The average molecular weight is 357 g/mol. The van der Waals surface area contributed by atoms with Gasteiger partial charge in [-0.15, -0.1) is 0 Å². The Morgan fingerprint density at radius 3 is 2.65 bits per heavy atom. The maximum absolute atomic E-state index is 13.1. The molecule has 0 aromatic heterocycles. The predicted molar refractivity (Wildman–Crippen MR) is 93.4 cm³/mol. The fourth-order valence-corrected chi connectivity index (χ4v) is 3.13. The Labute approximate surface area is 150 Å². The number of carboxylic acids is 1. The molecule has 1 fully saturated rings. The van der Waals surface area contributed by atoms with E-state index in [4.69, 9.17) is 9.84 Å². The maximum Gasteiger partial charge on any atom is 0.305 e. The van der Waals surface area contributed by atoms with Crippen molar-refractivity contribution < 1.29 is 23.8 Å². The Morgan fingerprint density at radius 1 is 1.27 bits per heavy atom. The van der Waals surface area contributed by atoms with Gasteiger partial charge in [0.25, 0.3) is 0 Å². The van der Waals surface area contributed by atoms with Crippen molar-refractivity contribution in [3.05, 3.63) is 65.5 Å². The highest BCUT2D eigenvalue weighted by Crippen LogP contribution is 2.48. The van der Waals surface area contributed by atoms with Crippen LogP contribution in [0.15, 0.2) is 48.5 Å². The Hall–Kier alpha value is -2.89. The number of halogens is 1. The van der Waals surface area contributed by atoms with Gasteiger partial charge in [-0.2, -0.15) is 0 Å². The molecule has 1 aliphatic rings. The molecule has 2 N–H and O–H groups in total. The van der Waals surface area contributed by atoms with Gasteiger partial charge in [0.05, 0.1) is 19.6 Å². The Bertz CT molecular complexity index is 806. The van der Waals surface area contributed by atoms with Crippen molar-refractivity contribution in [1.82, 2.24) is 5.32 Å². The number of aliphatic carboxylic acids is 1. The van der Waals surface area contributed by atoms with Gasteiger partial charge in [0, 0.05) is 5.92 Å². The van der Waals surface area contributed by atoms with Gasteiger partial charge in [0.1, 0.15) is 11.6 Å². The van der Waals surface area contributed by atoms with Gasteiger partial charge in [-0.3, -0.25) is 9.59 Å². The fourth-order valence-electron chi connectivity index (χ4n) is 3.13. The molecule has 0 spiro atoms. The van der Waals surface area contributed by atoms with Crippen LogP contribution in [-0.2, 0) is 9.59 Å². The molecule has 3 atom stereocenters. The molecular formula is C20H20FNO4. The van der Waals surface area contributed by atoms with Crippen LogP contribution in [0.2, 0.25) is 0 Å². The van der Waals surface area contributed by atoms with E-state index in [1.165, 1.54) is 24.3 Å². The first-order valence-corrected chi connectivity index (χ1v) is 8.39. The van der Waals surface area contributed by atoms with Gasteiger partial charge >= 0.3 is 5.97 Å². The number of rotatable bonds is 7. The normalized spacial score (nSPS) is 19.5. The molecule has 1 amide bonds. The van der Waals surface area contributed by atoms with Crippen LogP contribution in [0.1, 0.15) is 35.9 Å². The second-order valence-electron chi connectivity index (χ2n) is 6.44. The van der Waals surface area contributed by atoms with E-state index in [1.807, 2.05) is 24.3 Å². The SMILES string of the molecule is COc1cccc(C2CC2C(=O)NC(CC(=O)O)c2ccc(F)cc2)c1. The van der Waals surface area contributed by atoms with Crippen LogP contribution in [0.25, 0.3) is 0 Å². The van der Waals surface area contributed by atoms with Crippen LogP contribution in [0.5, 0.6) is 5.75 Å². The summed E-state index contributed by atoms with van der Waals surface area (Å²) in [5.41, 5.74) is 1.60. The molecule has 26 heavy (non-hydrogen) atoms. The molecule has 0 aliphatic heterocycles. The molecule has 0 heterocycles. The monoisotopic (exact) mass is 357 g/mol. The molecular weight excluding hydrogens is 337 g/mol. The summed E-state index contributed by atoms with van der Waals surface area (Å²) < 4.78 is 18.3. The second kappa shape index (κ2) is 7.56. The minimum Gasteiger partial charge on any atom is -0.497 e. The standard InChI is InChI=1S/C20H20FNO4/c1-26-15-4-2-3-13(9-15)16-10-17(16)20(25)22-18(11-19(23)24)12-5-7-14(21)8-6-12/h2-9,16-18H,10-11H2,1H3,(H,22,25)(H,23,24). The van der Waals surface area contributed by atoms with Crippen molar-refractivity contribution in [3.63, 3.8) is 0 Å². The summed E-state index contributed by atoms with van der Waals surface area (Å²) in [6.45, 7) is 0. The van der Waals surface area contributed by atoms with Gasteiger partial charge in [-0.25, -0.2) is 4.39 Å². The quantitative estimate of drug-likeness (QED) is 0.797. The van der Waals surface area contributed by atoms with Crippen molar-refractivity contribution in [2.45, 2.75) is 24.8 Å². The van der Waals surface area contributed by atoms with Crippen molar-refractivity contribution in [3.8, 4) is 5.75 Å². The predicted octanol–water partition coefficient (Wildman–Crippen LogP) is 3.27. The van der Waals surface area contributed by atoms with Gasteiger partial charge in [-0.05, 0) is 47.7 Å². The van der Waals surface area contributed by atoms with E-state index < -0.39 is 17.8 Å². The van der Waals surface area contributed by atoms with Crippen molar-refractivity contribution in [1.29, 1.82) is 0 Å². The molecule has 1 aliphatic carbocycles. The summed E-state index contributed by atoms with van der Waals surface area (Å²) in [5.74, 6) is -0.978. The largest absolute Gasteiger partial charge is 0.497 e. The number of benzene rings is 2. The molecule has 0 radical (unpaired) electrons. The number of carboxylic acid groups (broad SMARTS) is 1. The summed E-state index contributed by atoms with van der Waals surface area (Å²) >= 11 is 0. The molecule has 0 bridgehead atoms. The minimum atomic E-state index is -1.03. The maximum atomic E-state index is 13.1. The molecule has 3 unspecified atom stereocenters. The summed E-state index contributed by atoms with van der Waals surface area (Å²) in [5, 5.41) is 11.9. The summed E-state index contributed by atoms with van der Waals surface area (Å²) in [6, 6.07) is 12.4. The van der Waals surface area contributed by atoms with Crippen molar-refractivity contribution >= 4 is 11.9 Å². The third-order valence-electron chi connectivity index (χ3n) is 4.62. The molecule has 2 aromatic rings. The van der Waals surface area contributed by atoms with Crippen LogP contribution in [0.3, 0.4) is 0 Å². The molecule has 1 saturated carbocycles. The van der Waals surface area contributed by atoms with E-state index in [0.717, 1.165) is 11.3 Å². The fraction of sp³-hybridized carbons (Fsp3) is 0.300. The van der Waals surface area contributed by atoms with Crippen LogP contribution >= 0.6 is 0 Å². The minimum absolute atomic E-state index is 0.101. The zero-order valence-electron chi connectivity index (χ0n) is 14.3. The molecule has 136 valence electrons.